The molecule has 6 nitrogen and oxygen atoms in total. The molecule has 7 heteroatoms. The molecule has 0 aliphatic carbocycles. The minimum Gasteiger partial charge on any atom is -0.491 e. The van der Waals surface area contributed by atoms with Gasteiger partial charge in [0.2, 0.25) is 0 Å². The molecule has 0 unspecified atom stereocenters. The number of benzene rings is 1. The number of piperazine rings is 1. The van der Waals surface area contributed by atoms with Crippen LogP contribution in [0.1, 0.15) is 27.8 Å². The molecule has 132 valence electrons. The van der Waals surface area contributed by atoms with Crippen molar-refractivity contribution < 1.29 is 18.7 Å². The van der Waals surface area contributed by atoms with Crippen LogP contribution in [0.3, 0.4) is 0 Å². The van der Waals surface area contributed by atoms with E-state index in [9.17, 15) is 14.0 Å². The first kappa shape index (κ1) is 17.0. The van der Waals surface area contributed by atoms with Crippen LogP contribution in [0.2, 0.25) is 0 Å². The van der Waals surface area contributed by atoms with Gasteiger partial charge in [-0.3, -0.25) is 9.59 Å². The number of carbonyl (C=O) groups excluding carboxylic acids is 2. The van der Waals surface area contributed by atoms with Gasteiger partial charge in [0.15, 0.2) is 11.6 Å². The maximum absolute atomic E-state index is 13.9. The van der Waals surface area contributed by atoms with Crippen molar-refractivity contribution in [3.8, 4) is 5.75 Å². The largest absolute Gasteiger partial charge is 0.491 e. The number of aromatic amines is 1. The minimum absolute atomic E-state index is 0.0794. The smallest absolute Gasteiger partial charge is 0.270 e. The Balaban J connectivity index is 1.62. The Morgan fingerprint density at radius 1 is 1.12 bits per heavy atom. The summed E-state index contributed by atoms with van der Waals surface area (Å²) in [7, 11) is 0. The molecule has 25 heavy (non-hydrogen) atoms. The van der Waals surface area contributed by atoms with Crippen LogP contribution in [-0.4, -0.2) is 59.4 Å². The first-order valence-corrected chi connectivity index (χ1v) is 8.24. The Morgan fingerprint density at radius 3 is 2.36 bits per heavy atom. The first-order valence-electron chi connectivity index (χ1n) is 8.24. The number of carbonyl (C=O) groups is 2. The number of rotatable bonds is 4. The molecule has 2 amide bonds. The summed E-state index contributed by atoms with van der Waals surface area (Å²) in [6, 6.07) is 7.73. The Bertz CT molecular complexity index is 753. The molecule has 2 aromatic rings. The SMILES string of the molecule is CCOc1ccc(C(=O)N2CCN(C(=O)c3ccc[nH]3)CC2)cc1F. The van der Waals surface area contributed by atoms with E-state index in [0.717, 1.165) is 0 Å². The van der Waals surface area contributed by atoms with Crippen molar-refractivity contribution in [2.45, 2.75) is 6.92 Å². The van der Waals surface area contributed by atoms with Crippen molar-refractivity contribution in [3.63, 3.8) is 0 Å². The fourth-order valence-corrected chi connectivity index (χ4v) is 2.84. The molecule has 1 aliphatic rings. The van der Waals surface area contributed by atoms with Crippen LogP contribution in [0.5, 0.6) is 5.75 Å². The summed E-state index contributed by atoms with van der Waals surface area (Å²) in [6.45, 7) is 3.86. The summed E-state index contributed by atoms with van der Waals surface area (Å²) < 4.78 is 19.1. The lowest BCUT2D eigenvalue weighted by Gasteiger charge is -2.34. The van der Waals surface area contributed by atoms with E-state index in [2.05, 4.69) is 4.98 Å². The van der Waals surface area contributed by atoms with Gasteiger partial charge in [0.05, 0.1) is 6.61 Å². The number of amides is 2. The van der Waals surface area contributed by atoms with Gasteiger partial charge in [0, 0.05) is 37.9 Å². The summed E-state index contributed by atoms with van der Waals surface area (Å²) in [4.78, 5) is 31.0. The van der Waals surface area contributed by atoms with Crippen LogP contribution < -0.4 is 4.74 Å². The molecular formula is C18H20FN3O3. The monoisotopic (exact) mass is 345 g/mol. The average Bonchev–Trinajstić information content (AvgIpc) is 3.17. The Hall–Kier alpha value is -2.83. The molecule has 0 radical (unpaired) electrons. The van der Waals surface area contributed by atoms with E-state index in [1.54, 1.807) is 41.1 Å². The lowest BCUT2D eigenvalue weighted by Crippen LogP contribution is -2.50. The van der Waals surface area contributed by atoms with Gasteiger partial charge in [0.1, 0.15) is 5.69 Å². The van der Waals surface area contributed by atoms with Gasteiger partial charge in [-0.15, -0.1) is 0 Å². The van der Waals surface area contributed by atoms with E-state index in [-0.39, 0.29) is 23.1 Å². The van der Waals surface area contributed by atoms with Gasteiger partial charge in [-0.25, -0.2) is 4.39 Å². The molecule has 0 bridgehead atoms. The third kappa shape index (κ3) is 3.65. The number of halogens is 1. The van der Waals surface area contributed by atoms with Crippen molar-refractivity contribution in [2.75, 3.05) is 32.8 Å². The van der Waals surface area contributed by atoms with Crippen LogP contribution in [0.25, 0.3) is 0 Å². The zero-order chi connectivity index (χ0) is 17.8. The van der Waals surface area contributed by atoms with E-state index in [1.807, 2.05) is 0 Å². The second-order valence-corrected chi connectivity index (χ2v) is 5.75. The number of ether oxygens (including phenoxy) is 1. The minimum atomic E-state index is -0.548. The van der Waals surface area contributed by atoms with Crippen LogP contribution in [0, 0.1) is 5.82 Å². The second kappa shape index (κ2) is 7.38. The number of H-pyrrole nitrogens is 1. The topological polar surface area (TPSA) is 65.6 Å². The quantitative estimate of drug-likeness (QED) is 0.923. The molecule has 1 fully saturated rings. The highest BCUT2D eigenvalue weighted by atomic mass is 19.1. The maximum atomic E-state index is 13.9. The zero-order valence-electron chi connectivity index (χ0n) is 14.0. The summed E-state index contributed by atoms with van der Waals surface area (Å²) in [5, 5.41) is 0. The van der Waals surface area contributed by atoms with E-state index in [1.165, 1.54) is 12.1 Å². The molecule has 2 heterocycles. The van der Waals surface area contributed by atoms with E-state index >= 15 is 0 Å². The first-order chi connectivity index (χ1) is 12.1. The third-order valence-electron chi connectivity index (χ3n) is 4.16. The number of nitrogens with one attached hydrogen (secondary N) is 1. The molecule has 3 rings (SSSR count). The van der Waals surface area contributed by atoms with Crippen LogP contribution in [0.4, 0.5) is 4.39 Å². The fraction of sp³-hybridized carbons (Fsp3) is 0.333. The molecule has 1 N–H and O–H groups in total. The van der Waals surface area contributed by atoms with Crippen LogP contribution in [-0.2, 0) is 0 Å². The molecule has 0 saturated carbocycles. The zero-order valence-corrected chi connectivity index (χ0v) is 14.0. The highest BCUT2D eigenvalue weighted by molar-refractivity contribution is 5.95. The molecule has 0 spiro atoms. The molecule has 1 saturated heterocycles. The van der Waals surface area contributed by atoms with Gasteiger partial charge >= 0.3 is 0 Å². The summed E-state index contributed by atoms with van der Waals surface area (Å²) >= 11 is 0. The van der Waals surface area contributed by atoms with E-state index in [4.69, 9.17) is 4.74 Å². The lowest BCUT2D eigenvalue weighted by atomic mass is 10.1. The second-order valence-electron chi connectivity index (χ2n) is 5.75. The summed E-state index contributed by atoms with van der Waals surface area (Å²) in [5.74, 6) is -0.730. The number of hydrogen-bond donors (Lipinski definition) is 1. The Kier molecular flexibility index (Phi) is 5.02. The van der Waals surface area contributed by atoms with E-state index in [0.29, 0.717) is 38.5 Å². The van der Waals surface area contributed by atoms with Crippen molar-refractivity contribution in [3.05, 3.63) is 53.6 Å². The van der Waals surface area contributed by atoms with Crippen LogP contribution in [0.15, 0.2) is 36.5 Å². The van der Waals surface area contributed by atoms with Crippen molar-refractivity contribution in [2.24, 2.45) is 0 Å². The van der Waals surface area contributed by atoms with Crippen molar-refractivity contribution >= 4 is 11.8 Å². The standard InChI is InChI=1S/C18H20FN3O3/c1-2-25-16-6-5-13(12-14(16)19)17(23)21-8-10-22(11-9-21)18(24)15-4-3-7-20-15/h3-7,12,20H,2,8-11H2,1H3. The average molecular weight is 345 g/mol. The maximum Gasteiger partial charge on any atom is 0.270 e. The van der Waals surface area contributed by atoms with E-state index < -0.39 is 5.82 Å². The predicted molar refractivity (Wildman–Crippen MR) is 90.2 cm³/mol. The predicted octanol–water partition coefficient (Wildman–Crippen LogP) is 2.15. The number of aromatic nitrogens is 1. The third-order valence-corrected chi connectivity index (χ3v) is 4.16. The molecule has 1 aromatic carbocycles. The van der Waals surface area contributed by atoms with Gasteiger partial charge in [0.25, 0.3) is 11.8 Å². The molecule has 1 aliphatic heterocycles. The Labute approximate surface area is 145 Å². The highest BCUT2D eigenvalue weighted by Crippen LogP contribution is 2.20. The molecular weight excluding hydrogens is 325 g/mol. The van der Waals surface area contributed by atoms with Gasteiger partial charge in [-0.05, 0) is 37.3 Å². The van der Waals surface area contributed by atoms with Gasteiger partial charge in [-0.1, -0.05) is 0 Å². The lowest BCUT2D eigenvalue weighted by molar-refractivity contribution is 0.0532. The highest BCUT2D eigenvalue weighted by Gasteiger charge is 2.26. The normalized spacial score (nSPS) is 14.5. The van der Waals surface area contributed by atoms with Crippen molar-refractivity contribution in [1.82, 2.24) is 14.8 Å². The fourth-order valence-electron chi connectivity index (χ4n) is 2.84. The van der Waals surface area contributed by atoms with Crippen molar-refractivity contribution in [1.29, 1.82) is 0 Å². The van der Waals surface area contributed by atoms with Gasteiger partial charge < -0.3 is 19.5 Å². The van der Waals surface area contributed by atoms with Crippen LogP contribution >= 0.6 is 0 Å². The summed E-state index contributed by atoms with van der Waals surface area (Å²) in [6.07, 6.45) is 1.70. The Morgan fingerprint density at radius 2 is 1.80 bits per heavy atom. The molecule has 0 atom stereocenters. The van der Waals surface area contributed by atoms with Gasteiger partial charge in [-0.2, -0.15) is 0 Å². The molecule has 1 aromatic heterocycles. The summed E-state index contributed by atoms with van der Waals surface area (Å²) in [5.41, 5.74) is 0.818. The number of hydrogen-bond acceptors (Lipinski definition) is 3. The number of nitrogens with zero attached hydrogens (tertiary/aromatic N) is 2.